The van der Waals surface area contributed by atoms with Crippen molar-refractivity contribution in [1.82, 2.24) is 14.3 Å². The van der Waals surface area contributed by atoms with E-state index in [0.29, 0.717) is 24.9 Å². The Kier molecular flexibility index (Phi) is 4.64. The predicted octanol–water partition coefficient (Wildman–Crippen LogP) is 0.551. The quantitative estimate of drug-likeness (QED) is 0.791. The zero-order chi connectivity index (χ0) is 13.2. The molecule has 0 bridgehead atoms. The molecule has 0 aromatic rings. The van der Waals surface area contributed by atoms with Crippen LogP contribution >= 0.6 is 0 Å². The molecule has 106 valence electrons. The first-order valence-electron chi connectivity index (χ1n) is 6.97. The fraction of sp³-hybridized carbons (Fsp3) is 1.00. The van der Waals surface area contributed by atoms with Crippen molar-refractivity contribution in [1.29, 1.82) is 0 Å². The summed E-state index contributed by atoms with van der Waals surface area (Å²) in [5, 5.41) is 3.29. The minimum absolute atomic E-state index is 0.0773. The summed E-state index contributed by atoms with van der Waals surface area (Å²) in [7, 11) is -3.29. The van der Waals surface area contributed by atoms with Crippen LogP contribution in [-0.4, -0.2) is 44.9 Å². The summed E-state index contributed by atoms with van der Waals surface area (Å²) < 4.78 is 29.2. The molecule has 2 heterocycles. The summed E-state index contributed by atoms with van der Waals surface area (Å²) in [6, 6.07) is 0.0773. The monoisotopic (exact) mass is 275 g/mol. The Labute approximate surface area is 110 Å². The lowest BCUT2D eigenvalue weighted by molar-refractivity contribution is 0.267. The average Bonchev–Trinajstić information content (AvgIpc) is 2.32. The first-order valence-corrected chi connectivity index (χ1v) is 8.41. The highest BCUT2D eigenvalue weighted by Crippen LogP contribution is 2.19. The van der Waals surface area contributed by atoms with Gasteiger partial charge in [-0.15, -0.1) is 0 Å². The summed E-state index contributed by atoms with van der Waals surface area (Å²) in [6.45, 7) is 7.33. The van der Waals surface area contributed by atoms with Crippen LogP contribution in [0.4, 0.5) is 0 Å². The van der Waals surface area contributed by atoms with E-state index >= 15 is 0 Å². The summed E-state index contributed by atoms with van der Waals surface area (Å²) in [4.78, 5) is 0. The smallest absolute Gasteiger partial charge is 0.279 e. The number of rotatable bonds is 3. The number of hydrogen-bond acceptors (Lipinski definition) is 3. The SMILES string of the molecule is C[C@@H]1CCCN(S(=O)(=O)N[C@@H]2CCNC[C@H]2C)C1. The molecule has 0 aliphatic carbocycles. The van der Waals surface area contributed by atoms with Gasteiger partial charge >= 0.3 is 0 Å². The van der Waals surface area contributed by atoms with Crippen LogP contribution in [-0.2, 0) is 10.2 Å². The van der Waals surface area contributed by atoms with E-state index in [9.17, 15) is 8.42 Å². The molecular weight excluding hydrogens is 250 g/mol. The second kappa shape index (κ2) is 5.86. The van der Waals surface area contributed by atoms with Gasteiger partial charge in [-0.1, -0.05) is 13.8 Å². The van der Waals surface area contributed by atoms with Gasteiger partial charge in [0, 0.05) is 19.1 Å². The highest BCUT2D eigenvalue weighted by molar-refractivity contribution is 7.87. The molecule has 2 aliphatic rings. The van der Waals surface area contributed by atoms with Crippen LogP contribution in [0, 0.1) is 11.8 Å². The number of nitrogens with zero attached hydrogens (tertiary/aromatic N) is 1. The molecule has 2 fully saturated rings. The van der Waals surface area contributed by atoms with Crippen LogP contribution in [0.2, 0.25) is 0 Å². The van der Waals surface area contributed by atoms with E-state index in [1.165, 1.54) is 0 Å². The van der Waals surface area contributed by atoms with Crippen LogP contribution in [0.25, 0.3) is 0 Å². The van der Waals surface area contributed by atoms with Crippen molar-refractivity contribution < 1.29 is 8.42 Å². The van der Waals surface area contributed by atoms with Crippen LogP contribution in [0.1, 0.15) is 33.1 Å². The average molecular weight is 275 g/mol. The van der Waals surface area contributed by atoms with Crippen LogP contribution in [0.5, 0.6) is 0 Å². The molecule has 0 radical (unpaired) electrons. The van der Waals surface area contributed by atoms with E-state index in [1.54, 1.807) is 4.31 Å². The van der Waals surface area contributed by atoms with Gasteiger partial charge in [-0.25, -0.2) is 0 Å². The van der Waals surface area contributed by atoms with Crippen molar-refractivity contribution in [3.8, 4) is 0 Å². The molecule has 5 nitrogen and oxygen atoms in total. The molecule has 0 amide bonds. The predicted molar refractivity (Wildman–Crippen MR) is 72.5 cm³/mol. The summed E-state index contributed by atoms with van der Waals surface area (Å²) in [6.07, 6.45) is 2.99. The molecule has 3 atom stereocenters. The molecule has 2 saturated heterocycles. The number of nitrogens with one attached hydrogen (secondary N) is 2. The van der Waals surface area contributed by atoms with Crippen molar-refractivity contribution in [2.75, 3.05) is 26.2 Å². The maximum absolute atomic E-state index is 12.3. The van der Waals surface area contributed by atoms with E-state index in [2.05, 4.69) is 23.9 Å². The molecule has 0 aromatic carbocycles. The Balaban J connectivity index is 1.97. The molecule has 0 saturated carbocycles. The zero-order valence-electron chi connectivity index (χ0n) is 11.4. The summed E-state index contributed by atoms with van der Waals surface area (Å²) in [5.74, 6) is 0.830. The van der Waals surface area contributed by atoms with E-state index in [0.717, 1.165) is 32.4 Å². The van der Waals surface area contributed by atoms with Gasteiger partial charge in [0.25, 0.3) is 10.2 Å². The van der Waals surface area contributed by atoms with Gasteiger partial charge < -0.3 is 5.32 Å². The van der Waals surface area contributed by atoms with Crippen molar-refractivity contribution in [2.24, 2.45) is 11.8 Å². The van der Waals surface area contributed by atoms with Gasteiger partial charge in [-0.05, 0) is 44.2 Å². The minimum atomic E-state index is -3.29. The molecule has 18 heavy (non-hydrogen) atoms. The van der Waals surface area contributed by atoms with Gasteiger partial charge in [0.15, 0.2) is 0 Å². The molecule has 0 aromatic heterocycles. The highest BCUT2D eigenvalue weighted by atomic mass is 32.2. The third kappa shape index (κ3) is 3.44. The molecule has 2 rings (SSSR count). The van der Waals surface area contributed by atoms with E-state index in [-0.39, 0.29) is 6.04 Å². The normalized spacial score (nSPS) is 35.6. The Morgan fingerprint density at radius 3 is 2.72 bits per heavy atom. The lowest BCUT2D eigenvalue weighted by Gasteiger charge is -2.34. The van der Waals surface area contributed by atoms with Crippen LogP contribution < -0.4 is 10.0 Å². The molecular formula is C12H25N3O2S. The Bertz CT molecular complexity index is 372. The van der Waals surface area contributed by atoms with Gasteiger partial charge in [-0.2, -0.15) is 17.4 Å². The standard InChI is InChI=1S/C12H25N3O2S/c1-10-4-3-7-15(9-10)18(16,17)14-12-5-6-13-8-11(12)2/h10-14H,3-9H2,1-2H3/t10-,11-,12-/m1/s1. The van der Waals surface area contributed by atoms with Crippen molar-refractivity contribution in [3.05, 3.63) is 0 Å². The number of piperidine rings is 2. The van der Waals surface area contributed by atoms with E-state index < -0.39 is 10.2 Å². The fourth-order valence-corrected chi connectivity index (χ4v) is 4.52. The molecule has 2 N–H and O–H groups in total. The molecule has 0 unspecified atom stereocenters. The second-order valence-electron chi connectivity index (χ2n) is 5.80. The number of hydrogen-bond donors (Lipinski definition) is 2. The minimum Gasteiger partial charge on any atom is -0.316 e. The third-order valence-electron chi connectivity index (χ3n) is 4.05. The molecule has 6 heteroatoms. The maximum atomic E-state index is 12.3. The summed E-state index contributed by atoms with van der Waals surface area (Å²) >= 11 is 0. The third-order valence-corrected chi connectivity index (χ3v) is 5.66. The van der Waals surface area contributed by atoms with Crippen molar-refractivity contribution in [2.45, 2.75) is 39.2 Å². The van der Waals surface area contributed by atoms with Crippen molar-refractivity contribution in [3.63, 3.8) is 0 Å². The Morgan fingerprint density at radius 1 is 1.28 bits per heavy atom. The fourth-order valence-electron chi connectivity index (χ4n) is 2.82. The lowest BCUT2D eigenvalue weighted by atomic mass is 9.97. The topological polar surface area (TPSA) is 61.4 Å². The highest BCUT2D eigenvalue weighted by Gasteiger charge is 2.31. The zero-order valence-corrected chi connectivity index (χ0v) is 12.2. The Morgan fingerprint density at radius 2 is 2.06 bits per heavy atom. The first kappa shape index (κ1) is 14.2. The van der Waals surface area contributed by atoms with E-state index in [4.69, 9.17) is 0 Å². The van der Waals surface area contributed by atoms with Crippen LogP contribution in [0.3, 0.4) is 0 Å². The Hall–Kier alpha value is -0.170. The molecule has 0 spiro atoms. The van der Waals surface area contributed by atoms with Gasteiger partial charge in [0.2, 0.25) is 0 Å². The van der Waals surface area contributed by atoms with E-state index in [1.807, 2.05) is 0 Å². The maximum Gasteiger partial charge on any atom is 0.279 e. The van der Waals surface area contributed by atoms with Gasteiger partial charge in [-0.3, -0.25) is 0 Å². The van der Waals surface area contributed by atoms with Crippen LogP contribution in [0.15, 0.2) is 0 Å². The van der Waals surface area contributed by atoms with Gasteiger partial charge in [0.1, 0.15) is 0 Å². The largest absolute Gasteiger partial charge is 0.316 e. The lowest BCUT2D eigenvalue weighted by Crippen LogP contribution is -2.53. The summed E-state index contributed by atoms with van der Waals surface area (Å²) in [5.41, 5.74) is 0. The second-order valence-corrected chi connectivity index (χ2v) is 7.51. The molecule has 2 aliphatic heterocycles. The van der Waals surface area contributed by atoms with Crippen molar-refractivity contribution >= 4 is 10.2 Å². The first-order chi connectivity index (χ1) is 8.49. The van der Waals surface area contributed by atoms with Gasteiger partial charge in [0.05, 0.1) is 0 Å².